The van der Waals surface area contributed by atoms with Gasteiger partial charge in [0.15, 0.2) is 9.84 Å². The van der Waals surface area contributed by atoms with Crippen molar-refractivity contribution in [1.29, 1.82) is 0 Å². The summed E-state index contributed by atoms with van der Waals surface area (Å²) in [5.74, 6) is 0.203. The van der Waals surface area contributed by atoms with Crippen LogP contribution in [0.1, 0.15) is 5.56 Å². The van der Waals surface area contributed by atoms with Gasteiger partial charge in [-0.1, -0.05) is 0 Å². The molecule has 0 aliphatic rings. The van der Waals surface area contributed by atoms with Gasteiger partial charge in [0, 0.05) is 31.0 Å². The number of benzene rings is 1. The molecule has 5 heteroatoms. The number of aromatic hydroxyl groups is 1. The first-order valence-corrected chi connectivity index (χ1v) is 6.87. The fourth-order valence-electron chi connectivity index (χ4n) is 1.85. The molecule has 0 radical (unpaired) electrons. The van der Waals surface area contributed by atoms with Crippen molar-refractivity contribution in [1.82, 2.24) is 4.57 Å². The predicted molar refractivity (Wildman–Crippen MR) is 63.1 cm³/mol. The predicted octanol–water partition coefficient (Wildman–Crippen LogP) is 1.43. The molecule has 16 heavy (non-hydrogen) atoms. The van der Waals surface area contributed by atoms with Crippen LogP contribution in [0.2, 0.25) is 0 Å². The number of aromatic nitrogens is 1. The molecule has 0 unspecified atom stereocenters. The normalized spacial score (nSPS) is 12.1. The molecule has 0 bridgehead atoms. The van der Waals surface area contributed by atoms with Gasteiger partial charge in [-0.05, 0) is 17.7 Å². The number of hydrogen-bond donors (Lipinski definition) is 1. The molecule has 1 aromatic carbocycles. The lowest BCUT2D eigenvalue weighted by Crippen LogP contribution is -1.99. The van der Waals surface area contributed by atoms with Crippen molar-refractivity contribution < 1.29 is 13.5 Å². The molecule has 0 spiro atoms. The fraction of sp³-hybridized carbons (Fsp3) is 0.273. The second kappa shape index (κ2) is 3.52. The van der Waals surface area contributed by atoms with Gasteiger partial charge in [0.05, 0.1) is 11.3 Å². The lowest BCUT2D eigenvalue weighted by Gasteiger charge is -1.98. The van der Waals surface area contributed by atoms with E-state index in [0.29, 0.717) is 0 Å². The zero-order chi connectivity index (χ0) is 11.9. The highest BCUT2D eigenvalue weighted by atomic mass is 32.2. The van der Waals surface area contributed by atoms with Crippen LogP contribution < -0.4 is 0 Å². The molecule has 0 fully saturated rings. The number of hydrogen-bond acceptors (Lipinski definition) is 3. The Kier molecular flexibility index (Phi) is 2.42. The molecular formula is C11H13NO3S. The molecule has 2 aromatic rings. The maximum atomic E-state index is 11.3. The molecule has 4 nitrogen and oxygen atoms in total. The van der Waals surface area contributed by atoms with Gasteiger partial charge in [-0.15, -0.1) is 0 Å². The van der Waals surface area contributed by atoms with Crippen molar-refractivity contribution >= 4 is 20.7 Å². The SMILES string of the molecule is Cn1cc(CS(C)(=O)=O)c2ccc(O)cc21. The molecular weight excluding hydrogens is 226 g/mol. The van der Waals surface area contributed by atoms with Gasteiger partial charge in [0.2, 0.25) is 0 Å². The second-order valence-corrected chi connectivity index (χ2v) is 6.18. The third-order valence-corrected chi connectivity index (χ3v) is 3.31. The van der Waals surface area contributed by atoms with E-state index in [1.165, 1.54) is 6.26 Å². The van der Waals surface area contributed by atoms with Gasteiger partial charge in [-0.25, -0.2) is 8.42 Å². The van der Waals surface area contributed by atoms with E-state index in [0.717, 1.165) is 16.5 Å². The molecule has 0 aliphatic heterocycles. The van der Waals surface area contributed by atoms with Crippen molar-refractivity contribution in [3.8, 4) is 5.75 Å². The van der Waals surface area contributed by atoms with Crippen LogP contribution in [-0.4, -0.2) is 24.3 Å². The Labute approximate surface area is 94.0 Å². The molecule has 0 amide bonds. The summed E-state index contributed by atoms with van der Waals surface area (Å²) in [6, 6.07) is 4.93. The van der Waals surface area contributed by atoms with E-state index in [1.54, 1.807) is 24.4 Å². The van der Waals surface area contributed by atoms with Crippen molar-refractivity contribution in [2.75, 3.05) is 6.26 Å². The lowest BCUT2D eigenvalue weighted by molar-refractivity contribution is 0.476. The highest BCUT2D eigenvalue weighted by Crippen LogP contribution is 2.25. The second-order valence-electron chi connectivity index (χ2n) is 4.04. The fourth-order valence-corrected chi connectivity index (χ4v) is 2.65. The Morgan fingerprint density at radius 3 is 2.69 bits per heavy atom. The van der Waals surface area contributed by atoms with E-state index in [1.807, 2.05) is 11.6 Å². The van der Waals surface area contributed by atoms with Crippen molar-refractivity contribution in [2.24, 2.45) is 7.05 Å². The highest BCUT2D eigenvalue weighted by molar-refractivity contribution is 7.89. The van der Waals surface area contributed by atoms with Gasteiger partial charge in [0.1, 0.15) is 5.75 Å². The highest BCUT2D eigenvalue weighted by Gasteiger charge is 2.11. The van der Waals surface area contributed by atoms with Gasteiger partial charge in [0.25, 0.3) is 0 Å². The van der Waals surface area contributed by atoms with E-state index >= 15 is 0 Å². The molecule has 0 saturated heterocycles. The van der Waals surface area contributed by atoms with E-state index < -0.39 is 9.84 Å². The summed E-state index contributed by atoms with van der Waals surface area (Å²) in [4.78, 5) is 0. The summed E-state index contributed by atoms with van der Waals surface area (Å²) in [5.41, 5.74) is 1.60. The number of fused-ring (bicyclic) bond motifs is 1. The Balaban J connectivity index is 2.64. The Morgan fingerprint density at radius 2 is 2.06 bits per heavy atom. The molecule has 0 atom stereocenters. The quantitative estimate of drug-likeness (QED) is 0.862. The number of nitrogens with zero attached hydrogens (tertiary/aromatic N) is 1. The van der Waals surface area contributed by atoms with Crippen molar-refractivity contribution in [3.63, 3.8) is 0 Å². The van der Waals surface area contributed by atoms with Gasteiger partial charge < -0.3 is 9.67 Å². The van der Waals surface area contributed by atoms with Crippen LogP contribution in [0.25, 0.3) is 10.9 Å². The molecule has 1 aromatic heterocycles. The third kappa shape index (κ3) is 2.04. The van der Waals surface area contributed by atoms with Crippen LogP contribution in [-0.2, 0) is 22.6 Å². The van der Waals surface area contributed by atoms with Gasteiger partial charge >= 0.3 is 0 Å². The Hall–Kier alpha value is -1.49. The first-order valence-electron chi connectivity index (χ1n) is 4.81. The number of phenols is 1. The van der Waals surface area contributed by atoms with Crippen molar-refractivity contribution in [2.45, 2.75) is 5.75 Å². The van der Waals surface area contributed by atoms with Crippen LogP contribution in [0.4, 0.5) is 0 Å². The number of sulfone groups is 1. The van der Waals surface area contributed by atoms with Crippen LogP contribution in [0.15, 0.2) is 24.4 Å². The molecule has 86 valence electrons. The third-order valence-electron chi connectivity index (χ3n) is 2.47. The number of aryl methyl sites for hydroxylation is 1. The maximum Gasteiger partial charge on any atom is 0.151 e. The zero-order valence-corrected chi connectivity index (χ0v) is 9.95. The summed E-state index contributed by atoms with van der Waals surface area (Å²) in [6.07, 6.45) is 3.00. The lowest BCUT2D eigenvalue weighted by atomic mass is 10.2. The van der Waals surface area contributed by atoms with E-state index in [4.69, 9.17) is 0 Å². The minimum atomic E-state index is -3.04. The largest absolute Gasteiger partial charge is 0.508 e. The van der Waals surface area contributed by atoms with Crippen LogP contribution >= 0.6 is 0 Å². The molecule has 2 rings (SSSR count). The first kappa shape index (κ1) is 11.0. The number of rotatable bonds is 2. The van der Waals surface area contributed by atoms with Crippen LogP contribution in [0, 0.1) is 0 Å². The van der Waals surface area contributed by atoms with Crippen LogP contribution in [0.5, 0.6) is 5.75 Å². The summed E-state index contributed by atoms with van der Waals surface area (Å²) in [5, 5.41) is 10.2. The number of phenolic OH excluding ortho intramolecular Hbond substituents is 1. The summed E-state index contributed by atoms with van der Waals surface area (Å²) in [7, 11) is -1.21. The smallest absolute Gasteiger partial charge is 0.151 e. The average molecular weight is 239 g/mol. The first-order chi connectivity index (χ1) is 7.37. The minimum absolute atomic E-state index is 0.0229. The van der Waals surface area contributed by atoms with E-state index in [2.05, 4.69) is 0 Å². The standard InChI is InChI=1S/C11H13NO3S/c1-12-6-8(7-16(2,14)15)10-4-3-9(13)5-11(10)12/h3-6,13H,7H2,1-2H3. The Morgan fingerprint density at radius 1 is 1.38 bits per heavy atom. The molecule has 1 N–H and O–H groups in total. The van der Waals surface area contributed by atoms with Crippen LogP contribution in [0.3, 0.4) is 0 Å². The van der Waals surface area contributed by atoms with E-state index in [9.17, 15) is 13.5 Å². The molecule has 0 saturated carbocycles. The molecule has 1 heterocycles. The van der Waals surface area contributed by atoms with Crippen molar-refractivity contribution in [3.05, 3.63) is 30.0 Å². The van der Waals surface area contributed by atoms with E-state index in [-0.39, 0.29) is 11.5 Å². The topological polar surface area (TPSA) is 59.3 Å². The minimum Gasteiger partial charge on any atom is -0.508 e. The summed E-state index contributed by atoms with van der Waals surface area (Å²) < 4.78 is 24.3. The molecule has 0 aliphatic carbocycles. The Bertz CT molecular complexity index is 641. The van der Waals surface area contributed by atoms with Gasteiger partial charge in [-0.3, -0.25) is 0 Å². The zero-order valence-electron chi connectivity index (χ0n) is 9.14. The maximum absolute atomic E-state index is 11.3. The average Bonchev–Trinajstić information content (AvgIpc) is 2.40. The summed E-state index contributed by atoms with van der Waals surface area (Å²) in [6.45, 7) is 0. The van der Waals surface area contributed by atoms with Gasteiger partial charge in [-0.2, -0.15) is 0 Å². The summed E-state index contributed by atoms with van der Waals surface area (Å²) >= 11 is 0. The monoisotopic (exact) mass is 239 g/mol.